The quantitative estimate of drug-likeness (QED) is 0.677. The third-order valence-electron chi connectivity index (χ3n) is 4.91. The van der Waals surface area contributed by atoms with Gasteiger partial charge in [-0.3, -0.25) is 4.79 Å². The fraction of sp³-hybridized carbons (Fsp3) is 0.238. The van der Waals surface area contributed by atoms with E-state index in [-0.39, 0.29) is 17.5 Å². The fourth-order valence-electron chi connectivity index (χ4n) is 3.33. The molecule has 0 unspecified atom stereocenters. The number of benzene rings is 2. The summed E-state index contributed by atoms with van der Waals surface area (Å²) in [6.07, 6.45) is 3.20. The number of nitrogens with one attached hydrogen (secondary N) is 1. The van der Waals surface area contributed by atoms with Crippen molar-refractivity contribution in [1.29, 1.82) is 0 Å². The van der Waals surface area contributed by atoms with Gasteiger partial charge in [-0.1, -0.05) is 18.2 Å². The number of rotatable bonds is 5. The highest BCUT2D eigenvalue weighted by Gasteiger charge is 2.29. The van der Waals surface area contributed by atoms with Gasteiger partial charge in [0.1, 0.15) is 11.5 Å². The van der Waals surface area contributed by atoms with Crippen LogP contribution in [0.25, 0.3) is 0 Å². The first-order valence-corrected chi connectivity index (χ1v) is 11.1. The van der Waals surface area contributed by atoms with E-state index in [4.69, 9.17) is 4.74 Å². The second-order valence-electron chi connectivity index (χ2n) is 6.91. The van der Waals surface area contributed by atoms with Gasteiger partial charge in [-0.15, -0.1) is 0 Å². The Morgan fingerprint density at radius 2 is 1.67 bits per heavy atom. The lowest BCUT2D eigenvalue weighted by Gasteiger charge is -2.21. The molecule has 30 heavy (non-hydrogen) atoms. The minimum Gasteiger partial charge on any atom is -0.457 e. The molecule has 1 saturated heterocycles. The lowest BCUT2D eigenvalue weighted by molar-refractivity contribution is 0.0764. The third-order valence-corrected chi connectivity index (χ3v) is 6.74. The van der Waals surface area contributed by atoms with E-state index >= 15 is 0 Å². The van der Waals surface area contributed by atoms with Crippen molar-refractivity contribution in [2.45, 2.75) is 11.4 Å². The fourth-order valence-corrected chi connectivity index (χ4v) is 4.70. The average Bonchev–Trinajstić information content (AvgIpc) is 3.20. The van der Waals surface area contributed by atoms with E-state index in [2.05, 4.69) is 9.97 Å². The largest absolute Gasteiger partial charge is 0.457 e. The first-order valence-electron chi connectivity index (χ1n) is 9.65. The van der Waals surface area contributed by atoms with Gasteiger partial charge in [0, 0.05) is 31.7 Å². The molecule has 1 fully saturated rings. The molecule has 0 spiro atoms. The predicted octanol–water partition coefficient (Wildman–Crippen LogP) is 2.74. The molecule has 1 aromatic heterocycles. The number of amides is 1. The van der Waals surface area contributed by atoms with Gasteiger partial charge in [-0.05, 0) is 42.8 Å². The van der Waals surface area contributed by atoms with Gasteiger partial charge in [0.2, 0.25) is 0 Å². The van der Waals surface area contributed by atoms with Gasteiger partial charge in [0.25, 0.3) is 15.9 Å². The lowest BCUT2D eigenvalue weighted by Crippen LogP contribution is -2.37. The number of hydrogen-bond acceptors (Lipinski definition) is 5. The van der Waals surface area contributed by atoms with Gasteiger partial charge in [-0.2, -0.15) is 4.31 Å². The van der Waals surface area contributed by atoms with Gasteiger partial charge >= 0.3 is 0 Å². The molecule has 3 aromatic rings. The van der Waals surface area contributed by atoms with Crippen LogP contribution in [0, 0.1) is 0 Å². The van der Waals surface area contributed by atoms with Crippen molar-refractivity contribution in [3.63, 3.8) is 0 Å². The average molecular weight is 426 g/mol. The van der Waals surface area contributed by atoms with Gasteiger partial charge in [0.05, 0.1) is 12.5 Å². The maximum absolute atomic E-state index is 12.9. The number of aromatic amines is 1. The molecule has 0 saturated carbocycles. The van der Waals surface area contributed by atoms with Crippen LogP contribution in [0.1, 0.15) is 16.8 Å². The van der Waals surface area contributed by atoms with E-state index in [0.717, 1.165) is 5.75 Å². The number of H-pyrrole nitrogens is 1. The summed E-state index contributed by atoms with van der Waals surface area (Å²) in [6.45, 7) is 1.42. The van der Waals surface area contributed by atoms with Crippen LogP contribution in [-0.2, 0) is 10.0 Å². The highest BCUT2D eigenvalue weighted by Crippen LogP contribution is 2.22. The molecule has 0 bridgehead atoms. The Morgan fingerprint density at radius 1 is 0.933 bits per heavy atom. The van der Waals surface area contributed by atoms with E-state index in [0.29, 0.717) is 37.4 Å². The van der Waals surface area contributed by atoms with Crippen LogP contribution in [0.3, 0.4) is 0 Å². The van der Waals surface area contributed by atoms with Gasteiger partial charge in [-0.25, -0.2) is 13.4 Å². The number of para-hydroxylation sites is 1. The molecule has 0 radical (unpaired) electrons. The van der Waals surface area contributed by atoms with Crippen LogP contribution in [0.4, 0.5) is 0 Å². The molecule has 1 amide bonds. The SMILES string of the molecule is O=C(c1ccc(Oc2ccccc2)cc1)N1CCCN(S(=O)(=O)c2cnc[nH]2)CC1. The smallest absolute Gasteiger partial charge is 0.260 e. The van der Waals surface area contributed by atoms with Crippen molar-refractivity contribution < 1.29 is 17.9 Å². The number of imidazole rings is 1. The third kappa shape index (κ3) is 4.37. The molecule has 1 aliphatic rings. The summed E-state index contributed by atoms with van der Waals surface area (Å²) >= 11 is 0. The van der Waals surface area contributed by atoms with Gasteiger partial charge < -0.3 is 14.6 Å². The Morgan fingerprint density at radius 3 is 2.37 bits per heavy atom. The zero-order valence-corrected chi connectivity index (χ0v) is 17.1. The number of aromatic nitrogens is 2. The molecule has 9 heteroatoms. The Balaban J connectivity index is 1.40. The van der Waals surface area contributed by atoms with Crippen LogP contribution >= 0.6 is 0 Å². The molecule has 0 aliphatic carbocycles. The first-order chi connectivity index (χ1) is 14.5. The summed E-state index contributed by atoms with van der Waals surface area (Å²) in [6, 6.07) is 16.4. The van der Waals surface area contributed by atoms with E-state index in [1.165, 1.54) is 16.8 Å². The molecular weight excluding hydrogens is 404 g/mol. The summed E-state index contributed by atoms with van der Waals surface area (Å²) in [5.41, 5.74) is 0.542. The predicted molar refractivity (Wildman–Crippen MR) is 111 cm³/mol. The van der Waals surface area contributed by atoms with Crippen molar-refractivity contribution in [1.82, 2.24) is 19.2 Å². The normalized spacial score (nSPS) is 15.5. The molecule has 8 nitrogen and oxygen atoms in total. The second-order valence-corrected chi connectivity index (χ2v) is 8.81. The highest BCUT2D eigenvalue weighted by atomic mass is 32.2. The van der Waals surface area contributed by atoms with Crippen molar-refractivity contribution in [3.8, 4) is 11.5 Å². The molecule has 4 rings (SSSR count). The minimum absolute atomic E-state index is 0.0660. The zero-order chi connectivity index (χ0) is 21.0. The van der Waals surface area contributed by atoms with Crippen LogP contribution in [-0.4, -0.2) is 59.7 Å². The summed E-state index contributed by atoms with van der Waals surface area (Å²) < 4.78 is 32.5. The van der Waals surface area contributed by atoms with E-state index in [1.807, 2.05) is 30.3 Å². The zero-order valence-electron chi connectivity index (χ0n) is 16.3. The summed E-state index contributed by atoms with van der Waals surface area (Å²) in [4.78, 5) is 21.0. The standard InChI is InChI=1S/C21H22N4O4S/c26-21(17-7-9-19(10-8-17)29-18-5-2-1-3-6-18)24-11-4-12-25(14-13-24)30(27,28)20-15-22-16-23-20/h1-3,5-10,15-16H,4,11-14H2,(H,22,23). The number of nitrogens with zero attached hydrogens (tertiary/aromatic N) is 3. The number of carbonyl (C=O) groups is 1. The van der Waals surface area contributed by atoms with Gasteiger partial charge in [0.15, 0.2) is 5.03 Å². The summed E-state index contributed by atoms with van der Waals surface area (Å²) in [7, 11) is -3.63. The van der Waals surface area contributed by atoms with E-state index in [9.17, 15) is 13.2 Å². The minimum atomic E-state index is -3.63. The Kier molecular flexibility index (Phi) is 5.82. The van der Waals surface area contributed by atoms with Crippen LogP contribution in [0.5, 0.6) is 11.5 Å². The molecule has 1 N–H and O–H groups in total. The molecule has 0 atom stereocenters. The molecular formula is C21H22N4O4S. The summed E-state index contributed by atoms with van der Waals surface area (Å²) in [5, 5.41) is 0.0660. The molecule has 2 aromatic carbocycles. The maximum atomic E-state index is 12.9. The van der Waals surface area contributed by atoms with E-state index < -0.39 is 10.0 Å². The van der Waals surface area contributed by atoms with Crippen molar-refractivity contribution in [2.75, 3.05) is 26.2 Å². The number of ether oxygens (including phenoxy) is 1. The Hall–Kier alpha value is -3.17. The van der Waals surface area contributed by atoms with Crippen LogP contribution < -0.4 is 4.74 Å². The maximum Gasteiger partial charge on any atom is 0.260 e. The topological polar surface area (TPSA) is 95.6 Å². The van der Waals surface area contributed by atoms with Crippen molar-refractivity contribution in [2.24, 2.45) is 0 Å². The second kappa shape index (κ2) is 8.68. The van der Waals surface area contributed by atoms with Crippen molar-refractivity contribution >= 4 is 15.9 Å². The Labute approximate surface area is 175 Å². The van der Waals surface area contributed by atoms with Crippen molar-refractivity contribution in [3.05, 3.63) is 72.7 Å². The molecule has 2 heterocycles. The lowest BCUT2D eigenvalue weighted by atomic mass is 10.2. The molecule has 1 aliphatic heterocycles. The monoisotopic (exact) mass is 426 g/mol. The van der Waals surface area contributed by atoms with E-state index in [1.54, 1.807) is 29.2 Å². The first kappa shape index (κ1) is 20.1. The van der Waals surface area contributed by atoms with Crippen LogP contribution in [0.15, 0.2) is 72.1 Å². The highest BCUT2D eigenvalue weighted by molar-refractivity contribution is 7.89. The number of sulfonamides is 1. The van der Waals surface area contributed by atoms with Crippen LogP contribution in [0.2, 0.25) is 0 Å². The summed E-state index contributed by atoms with van der Waals surface area (Å²) in [5.74, 6) is 1.25. The number of hydrogen-bond donors (Lipinski definition) is 1. The molecule has 156 valence electrons. The Bertz CT molecular complexity index is 1080. The number of carbonyl (C=O) groups excluding carboxylic acids is 1.